The van der Waals surface area contributed by atoms with Gasteiger partial charge < -0.3 is 15.1 Å². The predicted molar refractivity (Wildman–Crippen MR) is 96.2 cm³/mol. The van der Waals surface area contributed by atoms with Crippen LogP contribution in [0.3, 0.4) is 0 Å². The number of rotatable bonds is 7. The van der Waals surface area contributed by atoms with E-state index in [1.54, 1.807) is 11.3 Å². The molecule has 0 saturated carbocycles. The molecule has 0 aromatic carbocycles. The fourth-order valence-electron chi connectivity index (χ4n) is 2.65. The second-order valence-corrected chi connectivity index (χ2v) is 6.65. The summed E-state index contributed by atoms with van der Waals surface area (Å²) in [6.45, 7) is 6.47. The Morgan fingerprint density at radius 3 is 2.91 bits per heavy atom. The van der Waals surface area contributed by atoms with E-state index >= 15 is 0 Å². The molecule has 0 amide bonds. The summed E-state index contributed by atoms with van der Waals surface area (Å²) in [6.07, 6.45) is 5.96. The van der Waals surface area contributed by atoms with Gasteiger partial charge in [0.05, 0.1) is 5.69 Å². The fourth-order valence-corrected chi connectivity index (χ4v) is 3.57. The van der Waals surface area contributed by atoms with Crippen LogP contribution in [0.2, 0.25) is 0 Å². The number of guanidine groups is 1. The van der Waals surface area contributed by atoms with Crippen LogP contribution in [-0.2, 0) is 6.42 Å². The van der Waals surface area contributed by atoms with Gasteiger partial charge >= 0.3 is 0 Å². The Balaban J connectivity index is 1.75. The van der Waals surface area contributed by atoms with Crippen molar-refractivity contribution < 1.29 is 0 Å². The molecule has 0 aliphatic carbocycles. The first-order valence-electron chi connectivity index (χ1n) is 8.35. The summed E-state index contributed by atoms with van der Waals surface area (Å²) < 4.78 is 0. The van der Waals surface area contributed by atoms with Crippen LogP contribution in [0.25, 0.3) is 0 Å². The molecule has 1 aromatic heterocycles. The normalized spacial score (nSPS) is 15.4. The van der Waals surface area contributed by atoms with E-state index in [1.807, 2.05) is 7.05 Å². The van der Waals surface area contributed by atoms with Crippen LogP contribution in [0, 0.1) is 0 Å². The maximum absolute atomic E-state index is 4.76. The third-order valence-electron chi connectivity index (χ3n) is 4.00. The van der Waals surface area contributed by atoms with Crippen molar-refractivity contribution >= 4 is 22.4 Å². The summed E-state index contributed by atoms with van der Waals surface area (Å²) >= 11 is 1.78. The highest BCUT2D eigenvalue weighted by Crippen LogP contribution is 2.24. The minimum Gasteiger partial charge on any atom is -0.356 e. The van der Waals surface area contributed by atoms with E-state index in [9.17, 15) is 0 Å². The summed E-state index contributed by atoms with van der Waals surface area (Å²) in [6, 6.07) is 0. The van der Waals surface area contributed by atoms with Gasteiger partial charge in [0, 0.05) is 52.1 Å². The molecule has 1 saturated heterocycles. The average molecular weight is 324 g/mol. The Morgan fingerprint density at radius 2 is 2.23 bits per heavy atom. The molecule has 1 aromatic rings. The number of aromatic nitrogens is 1. The van der Waals surface area contributed by atoms with Crippen molar-refractivity contribution in [3.63, 3.8) is 0 Å². The first-order chi connectivity index (χ1) is 10.7. The van der Waals surface area contributed by atoms with Gasteiger partial charge in [-0.2, -0.15) is 0 Å². The van der Waals surface area contributed by atoms with E-state index in [1.165, 1.54) is 49.6 Å². The summed E-state index contributed by atoms with van der Waals surface area (Å²) in [5.74, 6) is 0.975. The highest BCUT2D eigenvalue weighted by atomic mass is 32.1. The molecule has 0 unspecified atom stereocenters. The van der Waals surface area contributed by atoms with E-state index < -0.39 is 0 Å². The molecule has 1 aliphatic rings. The quantitative estimate of drug-likeness (QED) is 0.619. The summed E-state index contributed by atoms with van der Waals surface area (Å²) in [5.41, 5.74) is 1.19. The molecule has 6 heteroatoms. The number of anilines is 1. The Morgan fingerprint density at radius 1 is 1.45 bits per heavy atom. The summed E-state index contributed by atoms with van der Waals surface area (Å²) in [7, 11) is 3.94. The Hall–Kier alpha value is -1.30. The SMILES string of the molecule is CCCCN(C)C(=NC)NCCc1csc(N2CCCC2)n1. The predicted octanol–water partition coefficient (Wildman–Crippen LogP) is 2.59. The number of hydrogen-bond donors (Lipinski definition) is 1. The molecular weight excluding hydrogens is 294 g/mol. The third kappa shape index (κ3) is 4.87. The third-order valence-corrected chi connectivity index (χ3v) is 4.95. The highest BCUT2D eigenvalue weighted by molar-refractivity contribution is 7.13. The molecule has 0 atom stereocenters. The van der Waals surface area contributed by atoms with Gasteiger partial charge in [0.1, 0.15) is 0 Å². The molecule has 0 bridgehead atoms. The minimum atomic E-state index is 0.881. The van der Waals surface area contributed by atoms with Crippen molar-refractivity contribution in [3.8, 4) is 0 Å². The molecule has 124 valence electrons. The molecule has 5 nitrogen and oxygen atoms in total. The zero-order valence-corrected chi connectivity index (χ0v) is 15.0. The second-order valence-electron chi connectivity index (χ2n) is 5.81. The lowest BCUT2D eigenvalue weighted by atomic mass is 10.3. The lowest BCUT2D eigenvalue weighted by molar-refractivity contribution is 0.465. The van der Waals surface area contributed by atoms with Crippen LogP contribution in [0.5, 0.6) is 0 Å². The maximum Gasteiger partial charge on any atom is 0.193 e. The first-order valence-corrected chi connectivity index (χ1v) is 9.23. The van der Waals surface area contributed by atoms with Gasteiger partial charge in [-0.25, -0.2) is 4.98 Å². The van der Waals surface area contributed by atoms with Crippen molar-refractivity contribution in [1.82, 2.24) is 15.2 Å². The Bertz CT molecular complexity index is 465. The summed E-state index contributed by atoms with van der Waals surface area (Å²) in [4.78, 5) is 13.7. The lowest BCUT2D eigenvalue weighted by Gasteiger charge is -2.21. The minimum absolute atomic E-state index is 0.881. The highest BCUT2D eigenvalue weighted by Gasteiger charge is 2.15. The van der Waals surface area contributed by atoms with E-state index in [0.29, 0.717) is 0 Å². The van der Waals surface area contributed by atoms with E-state index in [4.69, 9.17) is 4.98 Å². The number of nitrogens with zero attached hydrogens (tertiary/aromatic N) is 4. The molecule has 1 fully saturated rings. The van der Waals surface area contributed by atoms with Crippen LogP contribution >= 0.6 is 11.3 Å². The molecular formula is C16H29N5S. The zero-order valence-electron chi connectivity index (χ0n) is 14.1. The van der Waals surface area contributed by atoms with Crippen molar-refractivity contribution in [2.24, 2.45) is 4.99 Å². The van der Waals surface area contributed by atoms with E-state index in [-0.39, 0.29) is 0 Å². The maximum atomic E-state index is 4.76. The van der Waals surface area contributed by atoms with Gasteiger partial charge in [-0.1, -0.05) is 13.3 Å². The number of thiazole rings is 1. The molecule has 0 spiro atoms. The molecule has 0 radical (unpaired) electrons. The zero-order chi connectivity index (χ0) is 15.8. The lowest BCUT2D eigenvalue weighted by Crippen LogP contribution is -2.40. The van der Waals surface area contributed by atoms with Crippen LogP contribution < -0.4 is 10.2 Å². The van der Waals surface area contributed by atoms with Gasteiger partial charge in [-0.05, 0) is 19.3 Å². The van der Waals surface area contributed by atoms with Crippen molar-refractivity contribution in [2.45, 2.75) is 39.0 Å². The second kappa shape index (κ2) is 8.98. The van der Waals surface area contributed by atoms with Crippen molar-refractivity contribution in [1.29, 1.82) is 0 Å². The molecule has 22 heavy (non-hydrogen) atoms. The van der Waals surface area contributed by atoms with Gasteiger partial charge in [0.25, 0.3) is 0 Å². The van der Waals surface area contributed by atoms with E-state index in [2.05, 4.69) is 39.5 Å². The van der Waals surface area contributed by atoms with Crippen molar-refractivity contribution in [2.75, 3.05) is 45.2 Å². The Labute approximate surface area is 138 Å². The van der Waals surface area contributed by atoms with Crippen LogP contribution in [0.15, 0.2) is 10.4 Å². The standard InChI is InChI=1S/C16H29N5S/c1-4-5-10-20(3)15(17-2)18-9-8-14-13-22-16(19-14)21-11-6-7-12-21/h13H,4-12H2,1-3H3,(H,17,18). The molecule has 1 N–H and O–H groups in total. The number of unbranched alkanes of at least 4 members (excludes halogenated alkanes) is 1. The van der Waals surface area contributed by atoms with Gasteiger partial charge in [-0.3, -0.25) is 4.99 Å². The summed E-state index contributed by atoms with van der Waals surface area (Å²) in [5, 5.41) is 6.82. The van der Waals surface area contributed by atoms with Gasteiger partial charge in [0.2, 0.25) is 0 Å². The van der Waals surface area contributed by atoms with Crippen LogP contribution in [-0.4, -0.2) is 56.1 Å². The molecule has 2 heterocycles. The van der Waals surface area contributed by atoms with Crippen LogP contribution in [0.1, 0.15) is 38.3 Å². The molecule has 1 aliphatic heterocycles. The largest absolute Gasteiger partial charge is 0.356 e. The number of hydrogen-bond acceptors (Lipinski definition) is 4. The average Bonchev–Trinajstić information content (AvgIpc) is 3.20. The smallest absolute Gasteiger partial charge is 0.193 e. The van der Waals surface area contributed by atoms with Gasteiger partial charge in [0.15, 0.2) is 11.1 Å². The fraction of sp³-hybridized carbons (Fsp3) is 0.750. The topological polar surface area (TPSA) is 43.8 Å². The van der Waals surface area contributed by atoms with E-state index in [0.717, 1.165) is 25.5 Å². The van der Waals surface area contributed by atoms with Gasteiger partial charge in [-0.15, -0.1) is 11.3 Å². The van der Waals surface area contributed by atoms with Crippen molar-refractivity contribution in [3.05, 3.63) is 11.1 Å². The van der Waals surface area contributed by atoms with Crippen LogP contribution in [0.4, 0.5) is 5.13 Å². The number of aliphatic imine (C=N–C) groups is 1. The number of nitrogens with one attached hydrogen (secondary N) is 1. The monoisotopic (exact) mass is 323 g/mol. The molecule has 2 rings (SSSR count). The Kier molecular flexibility index (Phi) is 6.96. The first kappa shape index (κ1) is 17.1.